The Bertz CT molecular complexity index is 1330. The molecule has 1 amide bonds. The minimum absolute atomic E-state index is 0.182. The van der Waals surface area contributed by atoms with Crippen molar-refractivity contribution in [2.24, 2.45) is 0 Å². The van der Waals surface area contributed by atoms with Gasteiger partial charge in [-0.2, -0.15) is 5.10 Å². The number of pyridine rings is 1. The number of amides is 1. The van der Waals surface area contributed by atoms with Gasteiger partial charge in [0.2, 0.25) is 0 Å². The van der Waals surface area contributed by atoms with Gasteiger partial charge in [0.05, 0.1) is 18.0 Å². The van der Waals surface area contributed by atoms with E-state index in [0.717, 1.165) is 34.6 Å². The van der Waals surface area contributed by atoms with Gasteiger partial charge in [0.25, 0.3) is 5.91 Å². The number of aryl methyl sites for hydroxylation is 2. The van der Waals surface area contributed by atoms with Crippen LogP contribution in [-0.2, 0) is 13.0 Å². The Morgan fingerprint density at radius 1 is 1.03 bits per heavy atom. The molecule has 164 valence electrons. The zero-order valence-corrected chi connectivity index (χ0v) is 19.0. The summed E-state index contributed by atoms with van der Waals surface area (Å²) in [5, 5.41) is 7.66. The fourth-order valence-electron chi connectivity index (χ4n) is 3.83. The highest BCUT2D eigenvalue weighted by atomic mass is 16.1. The fourth-order valence-corrected chi connectivity index (χ4v) is 3.83. The van der Waals surface area contributed by atoms with Crippen LogP contribution in [0.2, 0.25) is 0 Å². The molecule has 6 heteroatoms. The predicted molar refractivity (Wildman–Crippen MR) is 129 cm³/mol. The maximum Gasteiger partial charge on any atom is 0.270 e. The molecule has 2 aromatic carbocycles. The molecular weight excluding hydrogens is 410 g/mol. The van der Waals surface area contributed by atoms with Crippen molar-refractivity contribution in [3.8, 4) is 5.69 Å². The van der Waals surface area contributed by atoms with Crippen LogP contribution < -0.4 is 5.32 Å². The summed E-state index contributed by atoms with van der Waals surface area (Å²) in [5.41, 5.74) is 8.47. The lowest BCUT2D eigenvalue weighted by atomic mass is 10.0. The highest BCUT2D eigenvalue weighted by molar-refractivity contribution is 5.92. The van der Waals surface area contributed by atoms with Crippen LogP contribution in [0.25, 0.3) is 10.5 Å². The molecule has 0 bridgehead atoms. The molecule has 4 aromatic rings. The van der Waals surface area contributed by atoms with Gasteiger partial charge in [0, 0.05) is 30.4 Å². The van der Waals surface area contributed by atoms with Crippen molar-refractivity contribution < 1.29 is 4.79 Å². The van der Waals surface area contributed by atoms with E-state index in [2.05, 4.69) is 34.2 Å². The summed E-state index contributed by atoms with van der Waals surface area (Å²) in [5.74, 6) is -0.182. The monoisotopic (exact) mass is 435 g/mol. The average molecular weight is 436 g/mol. The van der Waals surface area contributed by atoms with Crippen LogP contribution >= 0.6 is 0 Å². The number of hydrogen-bond donors (Lipinski definition) is 1. The Labute approximate surface area is 193 Å². The summed E-state index contributed by atoms with van der Waals surface area (Å²) >= 11 is 0. The van der Waals surface area contributed by atoms with E-state index in [1.54, 1.807) is 24.4 Å². The SMILES string of the molecule is [C-]#[N+]c1ccc(-n2nc(C)c(Cc3ccc(CNC(=O)c4ccccn4)cc3)c2C)cc1C. The van der Waals surface area contributed by atoms with Crippen molar-refractivity contribution >= 4 is 11.6 Å². The van der Waals surface area contributed by atoms with Crippen molar-refractivity contribution in [2.45, 2.75) is 33.7 Å². The minimum atomic E-state index is -0.182. The summed E-state index contributed by atoms with van der Waals surface area (Å²) in [6, 6.07) is 19.3. The van der Waals surface area contributed by atoms with Gasteiger partial charge in [-0.25, -0.2) is 9.53 Å². The highest BCUT2D eigenvalue weighted by Crippen LogP contribution is 2.25. The lowest BCUT2D eigenvalue weighted by Crippen LogP contribution is -2.23. The van der Waals surface area contributed by atoms with Crippen LogP contribution in [0.5, 0.6) is 0 Å². The van der Waals surface area contributed by atoms with E-state index in [4.69, 9.17) is 11.7 Å². The molecule has 2 aromatic heterocycles. The Balaban J connectivity index is 1.46. The molecule has 0 aliphatic rings. The van der Waals surface area contributed by atoms with Gasteiger partial charge in [0.1, 0.15) is 5.69 Å². The maximum atomic E-state index is 12.2. The zero-order valence-electron chi connectivity index (χ0n) is 19.0. The van der Waals surface area contributed by atoms with Gasteiger partial charge in [-0.1, -0.05) is 36.4 Å². The molecule has 1 N–H and O–H groups in total. The Hall–Kier alpha value is -4.24. The summed E-state index contributed by atoms with van der Waals surface area (Å²) < 4.78 is 1.95. The van der Waals surface area contributed by atoms with E-state index in [0.29, 0.717) is 17.9 Å². The van der Waals surface area contributed by atoms with Crippen molar-refractivity contribution in [3.63, 3.8) is 0 Å². The highest BCUT2D eigenvalue weighted by Gasteiger charge is 2.14. The summed E-state index contributed by atoms with van der Waals surface area (Å²) in [4.78, 5) is 19.8. The summed E-state index contributed by atoms with van der Waals surface area (Å²) in [6.07, 6.45) is 2.39. The van der Waals surface area contributed by atoms with Crippen molar-refractivity contribution in [3.05, 3.63) is 118 Å². The van der Waals surface area contributed by atoms with E-state index >= 15 is 0 Å². The number of carbonyl (C=O) groups is 1. The second kappa shape index (κ2) is 9.49. The van der Waals surface area contributed by atoms with Crippen LogP contribution in [0.4, 0.5) is 5.69 Å². The van der Waals surface area contributed by atoms with E-state index < -0.39 is 0 Å². The Morgan fingerprint density at radius 2 is 1.79 bits per heavy atom. The molecule has 0 spiro atoms. The Kier molecular flexibility index (Phi) is 6.32. The van der Waals surface area contributed by atoms with Gasteiger partial charge in [-0.3, -0.25) is 9.78 Å². The molecular formula is C27H25N5O. The molecule has 0 fully saturated rings. The minimum Gasteiger partial charge on any atom is -0.347 e. The van der Waals surface area contributed by atoms with Gasteiger partial charge >= 0.3 is 0 Å². The third-order valence-electron chi connectivity index (χ3n) is 5.74. The first kappa shape index (κ1) is 22.0. The number of benzene rings is 2. The van der Waals surface area contributed by atoms with Crippen molar-refractivity contribution in [2.75, 3.05) is 0 Å². The largest absolute Gasteiger partial charge is 0.347 e. The van der Waals surface area contributed by atoms with E-state index in [-0.39, 0.29) is 5.91 Å². The molecule has 0 atom stereocenters. The van der Waals surface area contributed by atoms with Crippen LogP contribution in [0, 0.1) is 27.3 Å². The number of rotatable bonds is 6. The molecule has 6 nitrogen and oxygen atoms in total. The molecule has 0 aliphatic carbocycles. The van der Waals surface area contributed by atoms with Gasteiger partial charge in [-0.05, 0) is 61.7 Å². The maximum absolute atomic E-state index is 12.2. The van der Waals surface area contributed by atoms with Crippen LogP contribution in [0.1, 0.15) is 44.1 Å². The van der Waals surface area contributed by atoms with Crippen LogP contribution in [-0.4, -0.2) is 20.7 Å². The lowest BCUT2D eigenvalue weighted by Gasteiger charge is -2.09. The molecule has 0 aliphatic heterocycles. The second-order valence-electron chi connectivity index (χ2n) is 8.03. The third kappa shape index (κ3) is 4.83. The fraction of sp³-hybridized carbons (Fsp3) is 0.185. The number of aromatic nitrogens is 3. The van der Waals surface area contributed by atoms with Crippen LogP contribution in [0.3, 0.4) is 0 Å². The van der Waals surface area contributed by atoms with E-state index in [1.807, 2.05) is 48.9 Å². The van der Waals surface area contributed by atoms with E-state index in [1.165, 1.54) is 11.1 Å². The topological polar surface area (TPSA) is 64.2 Å². The summed E-state index contributed by atoms with van der Waals surface area (Å²) in [6.45, 7) is 13.8. The number of nitrogens with zero attached hydrogens (tertiary/aromatic N) is 4. The Morgan fingerprint density at radius 3 is 2.45 bits per heavy atom. The summed E-state index contributed by atoms with van der Waals surface area (Å²) in [7, 11) is 0. The molecule has 0 saturated carbocycles. The number of hydrogen-bond acceptors (Lipinski definition) is 3. The number of nitrogens with one attached hydrogen (secondary N) is 1. The lowest BCUT2D eigenvalue weighted by molar-refractivity contribution is 0.0946. The zero-order chi connectivity index (χ0) is 23.4. The van der Waals surface area contributed by atoms with Crippen LogP contribution in [0.15, 0.2) is 66.9 Å². The van der Waals surface area contributed by atoms with Gasteiger partial charge in [-0.15, -0.1) is 0 Å². The molecule has 2 heterocycles. The normalized spacial score (nSPS) is 10.6. The molecule has 0 saturated heterocycles. The first-order valence-electron chi connectivity index (χ1n) is 10.8. The quantitative estimate of drug-likeness (QED) is 0.420. The first-order chi connectivity index (χ1) is 16.0. The molecule has 0 unspecified atom stereocenters. The van der Waals surface area contributed by atoms with Crippen molar-refractivity contribution in [1.29, 1.82) is 0 Å². The van der Waals surface area contributed by atoms with E-state index in [9.17, 15) is 4.79 Å². The number of carbonyl (C=O) groups excluding carboxylic acids is 1. The molecule has 33 heavy (non-hydrogen) atoms. The first-order valence-corrected chi connectivity index (χ1v) is 10.8. The van der Waals surface area contributed by atoms with Crippen molar-refractivity contribution in [1.82, 2.24) is 20.1 Å². The van der Waals surface area contributed by atoms with Gasteiger partial charge < -0.3 is 5.32 Å². The molecule has 4 rings (SSSR count). The third-order valence-corrected chi connectivity index (χ3v) is 5.74. The standard InChI is InChI=1S/C27H25N5O/c1-18-15-23(12-13-25(18)28-4)32-20(3)24(19(2)31-32)16-21-8-10-22(11-9-21)17-30-27(33)26-7-5-6-14-29-26/h5-15H,16-17H2,1-3H3,(H,30,33). The predicted octanol–water partition coefficient (Wildman–Crippen LogP) is 5.26. The molecule has 0 radical (unpaired) electrons. The van der Waals surface area contributed by atoms with Gasteiger partial charge in [0.15, 0.2) is 5.69 Å². The average Bonchev–Trinajstić information content (AvgIpc) is 3.12. The second-order valence-corrected chi connectivity index (χ2v) is 8.03. The smallest absolute Gasteiger partial charge is 0.270 e.